The van der Waals surface area contributed by atoms with Gasteiger partial charge in [-0.2, -0.15) is 4.59 Å². The number of nitro benzene ring substituents is 1. The Kier molecular flexibility index (Phi) is 1.77. The minimum absolute atomic E-state index is 0.0841. The molecule has 6 heteroatoms. The molecule has 2 rings (SSSR count). The zero-order chi connectivity index (χ0) is 11.2. The molecule has 78 valence electrons. The second-order valence-corrected chi connectivity index (χ2v) is 3.76. The molecular formula is C9H9N3O3. The lowest BCUT2D eigenvalue weighted by atomic mass is 10.1. The van der Waals surface area contributed by atoms with E-state index in [9.17, 15) is 15.2 Å². The molecule has 0 unspecified atom stereocenters. The predicted molar refractivity (Wildman–Crippen MR) is 53.3 cm³/mol. The number of nitro groups is 1. The maximum absolute atomic E-state index is 11.5. The van der Waals surface area contributed by atoms with E-state index >= 15 is 0 Å². The van der Waals surface area contributed by atoms with Crippen LogP contribution in [0.5, 0.6) is 0 Å². The minimum Gasteiger partial charge on any atom is -0.854 e. The molecule has 0 bridgehead atoms. The van der Waals surface area contributed by atoms with Crippen LogP contribution in [0.25, 0.3) is 0 Å². The molecular weight excluding hydrogens is 198 g/mol. The van der Waals surface area contributed by atoms with E-state index in [1.807, 2.05) is 0 Å². The van der Waals surface area contributed by atoms with Crippen molar-refractivity contribution in [3.63, 3.8) is 0 Å². The van der Waals surface area contributed by atoms with Gasteiger partial charge in [-0.3, -0.25) is 10.1 Å². The highest BCUT2D eigenvalue weighted by atomic mass is 16.6. The van der Waals surface area contributed by atoms with Crippen LogP contribution < -0.4 is 9.70 Å². The van der Waals surface area contributed by atoms with Crippen LogP contribution in [0.3, 0.4) is 0 Å². The summed E-state index contributed by atoms with van der Waals surface area (Å²) in [6, 6.07) is 4.23. The maximum atomic E-state index is 11.5. The standard InChI is InChI=1S/C9H9N3O3/c1-12(2)8-4-3-6(11(14)15)5-7(8)9(13)10-12/h3-5H,1-2H3. The Morgan fingerprint density at radius 1 is 1.40 bits per heavy atom. The van der Waals surface area contributed by atoms with Gasteiger partial charge in [-0.1, -0.05) is 5.10 Å². The van der Waals surface area contributed by atoms with Crippen molar-refractivity contribution >= 4 is 17.3 Å². The number of rotatable bonds is 1. The van der Waals surface area contributed by atoms with Gasteiger partial charge in [0.1, 0.15) is 0 Å². The first-order chi connectivity index (χ1) is 6.92. The molecule has 1 heterocycles. The molecule has 6 nitrogen and oxygen atoms in total. The topological polar surface area (TPSA) is 78.6 Å². The molecule has 1 aliphatic rings. The summed E-state index contributed by atoms with van der Waals surface area (Å²) in [4.78, 5) is 10.0. The van der Waals surface area contributed by atoms with Crippen LogP contribution >= 0.6 is 0 Å². The molecule has 0 amide bonds. The van der Waals surface area contributed by atoms with Crippen LogP contribution in [-0.4, -0.2) is 24.9 Å². The Balaban J connectivity index is 2.62. The zero-order valence-corrected chi connectivity index (χ0v) is 8.30. The third-order valence-corrected chi connectivity index (χ3v) is 2.35. The Morgan fingerprint density at radius 2 is 2.07 bits per heavy atom. The number of benzene rings is 1. The number of hydrogen-bond donors (Lipinski definition) is 0. The van der Waals surface area contributed by atoms with Gasteiger partial charge in [0.2, 0.25) is 0 Å². The normalized spacial score (nSPS) is 17.1. The van der Waals surface area contributed by atoms with Crippen LogP contribution in [0.2, 0.25) is 0 Å². The monoisotopic (exact) mass is 207 g/mol. The number of fused-ring (bicyclic) bond motifs is 1. The number of quaternary nitrogens is 1. The lowest BCUT2D eigenvalue weighted by Crippen LogP contribution is -2.32. The molecule has 0 N–H and O–H groups in total. The van der Waals surface area contributed by atoms with E-state index in [1.54, 1.807) is 20.2 Å². The minimum atomic E-state index is -0.522. The predicted octanol–water partition coefficient (Wildman–Crippen LogP) is 0.197. The Morgan fingerprint density at radius 3 is 2.67 bits per heavy atom. The van der Waals surface area contributed by atoms with Crippen molar-refractivity contribution in [3.8, 4) is 0 Å². The Hall–Kier alpha value is -1.95. The van der Waals surface area contributed by atoms with E-state index in [-0.39, 0.29) is 10.3 Å². The lowest BCUT2D eigenvalue weighted by Gasteiger charge is -2.17. The molecule has 15 heavy (non-hydrogen) atoms. The van der Waals surface area contributed by atoms with Crippen molar-refractivity contribution < 1.29 is 10.0 Å². The maximum Gasteiger partial charge on any atom is 0.270 e. The van der Waals surface area contributed by atoms with Crippen molar-refractivity contribution in [2.24, 2.45) is 5.10 Å². The highest BCUT2D eigenvalue weighted by Crippen LogP contribution is 2.32. The van der Waals surface area contributed by atoms with Gasteiger partial charge >= 0.3 is 0 Å². The summed E-state index contributed by atoms with van der Waals surface area (Å²) in [5.74, 6) is -0.404. The first-order valence-electron chi connectivity index (χ1n) is 4.32. The van der Waals surface area contributed by atoms with Crippen LogP contribution in [0, 0.1) is 10.1 Å². The molecule has 1 aromatic carbocycles. The van der Waals surface area contributed by atoms with E-state index in [0.717, 1.165) is 0 Å². The number of nitrogens with zero attached hydrogens (tertiary/aromatic N) is 3. The third-order valence-electron chi connectivity index (χ3n) is 2.35. The van der Waals surface area contributed by atoms with E-state index in [2.05, 4.69) is 5.10 Å². The SMILES string of the molecule is C[N+]1(C)N=C([O-])c2cc([N+](=O)[O-])ccc21. The number of non-ortho nitro benzene ring substituents is 1. The van der Waals surface area contributed by atoms with Gasteiger partial charge in [-0.05, 0) is 0 Å². The van der Waals surface area contributed by atoms with Crippen LogP contribution in [0.15, 0.2) is 23.3 Å². The van der Waals surface area contributed by atoms with Gasteiger partial charge < -0.3 is 5.11 Å². The fourth-order valence-corrected chi connectivity index (χ4v) is 1.62. The molecule has 0 atom stereocenters. The molecule has 1 aliphatic heterocycles. The summed E-state index contributed by atoms with van der Waals surface area (Å²) in [7, 11) is 3.49. The molecule has 0 saturated heterocycles. The second kappa shape index (κ2) is 2.77. The summed E-state index contributed by atoms with van der Waals surface area (Å²) >= 11 is 0. The van der Waals surface area contributed by atoms with Gasteiger partial charge in [0, 0.05) is 18.2 Å². The quantitative estimate of drug-likeness (QED) is 0.375. The molecule has 0 radical (unpaired) electrons. The summed E-state index contributed by atoms with van der Waals surface area (Å²) in [6.07, 6.45) is 0. The van der Waals surface area contributed by atoms with E-state index in [1.165, 1.54) is 12.1 Å². The average Bonchev–Trinajstić information content (AvgIpc) is 2.37. The third kappa shape index (κ3) is 1.35. The van der Waals surface area contributed by atoms with Crippen molar-refractivity contribution in [1.29, 1.82) is 0 Å². The molecule has 0 fully saturated rings. The second-order valence-electron chi connectivity index (χ2n) is 3.76. The van der Waals surface area contributed by atoms with Crippen LogP contribution in [-0.2, 0) is 0 Å². The molecule has 0 saturated carbocycles. The average molecular weight is 207 g/mol. The highest BCUT2D eigenvalue weighted by molar-refractivity contribution is 6.00. The number of hydrogen-bond acceptors (Lipinski definition) is 4. The van der Waals surface area contributed by atoms with Crippen molar-refractivity contribution in [2.75, 3.05) is 14.1 Å². The summed E-state index contributed by atoms with van der Waals surface area (Å²) in [5, 5.41) is 25.8. The largest absolute Gasteiger partial charge is 0.854 e. The van der Waals surface area contributed by atoms with E-state index < -0.39 is 10.8 Å². The molecule has 0 aliphatic carbocycles. The molecule has 1 aromatic rings. The first-order valence-corrected chi connectivity index (χ1v) is 4.32. The first kappa shape index (κ1) is 9.60. The van der Waals surface area contributed by atoms with Crippen molar-refractivity contribution in [1.82, 2.24) is 4.59 Å². The molecule has 0 aromatic heterocycles. The van der Waals surface area contributed by atoms with Gasteiger partial charge in [-0.15, -0.1) is 0 Å². The van der Waals surface area contributed by atoms with Crippen LogP contribution in [0.1, 0.15) is 5.56 Å². The Labute approximate surface area is 85.8 Å². The Bertz CT molecular complexity index is 479. The van der Waals surface area contributed by atoms with Gasteiger partial charge in [-0.25, -0.2) is 0 Å². The highest BCUT2D eigenvalue weighted by Gasteiger charge is 2.30. The van der Waals surface area contributed by atoms with Gasteiger partial charge in [0.15, 0.2) is 5.69 Å². The van der Waals surface area contributed by atoms with Crippen LogP contribution in [0.4, 0.5) is 11.4 Å². The summed E-state index contributed by atoms with van der Waals surface area (Å²) < 4.78 is 0.0894. The molecule has 0 spiro atoms. The lowest BCUT2D eigenvalue weighted by molar-refractivity contribution is -0.384. The summed E-state index contributed by atoms with van der Waals surface area (Å²) in [6.45, 7) is 0. The van der Waals surface area contributed by atoms with Crippen molar-refractivity contribution in [2.45, 2.75) is 0 Å². The van der Waals surface area contributed by atoms with Gasteiger partial charge in [0.05, 0.1) is 30.5 Å². The van der Waals surface area contributed by atoms with E-state index in [4.69, 9.17) is 0 Å². The zero-order valence-electron chi connectivity index (χ0n) is 8.30. The fraction of sp³-hybridized carbons (Fsp3) is 0.222. The van der Waals surface area contributed by atoms with Crippen molar-refractivity contribution in [3.05, 3.63) is 33.9 Å². The summed E-state index contributed by atoms with van der Waals surface area (Å²) in [5.41, 5.74) is 0.916. The van der Waals surface area contributed by atoms with Gasteiger partial charge in [0.25, 0.3) is 5.69 Å². The smallest absolute Gasteiger partial charge is 0.270 e. The fourth-order valence-electron chi connectivity index (χ4n) is 1.62. The van der Waals surface area contributed by atoms with E-state index in [0.29, 0.717) is 11.3 Å².